The quantitative estimate of drug-likeness (QED) is 0.244. The molecule has 228 valence electrons. The van der Waals surface area contributed by atoms with Crippen LogP contribution in [0.25, 0.3) is 16.8 Å². The fraction of sp³-hybridized carbons (Fsp3) is 0.458. The molecule has 0 aromatic carbocycles. The van der Waals surface area contributed by atoms with E-state index in [0.29, 0.717) is 23.2 Å². The molecule has 0 radical (unpaired) electrons. The van der Waals surface area contributed by atoms with Gasteiger partial charge in [-0.25, -0.2) is 23.9 Å². The summed E-state index contributed by atoms with van der Waals surface area (Å²) in [6.45, 7) is -4.51. The minimum atomic E-state index is -4.11. The Morgan fingerprint density at radius 2 is 1.95 bits per heavy atom. The highest BCUT2D eigenvalue weighted by molar-refractivity contribution is 8.44. The number of nitrogens with two attached hydrogens (primary N) is 1. The van der Waals surface area contributed by atoms with Crippen LogP contribution in [0.1, 0.15) is 34.6 Å². The van der Waals surface area contributed by atoms with Crippen molar-refractivity contribution in [2.45, 2.75) is 36.9 Å². The molecule has 1 aliphatic carbocycles. The second-order valence-corrected chi connectivity index (χ2v) is 14.5. The van der Waals surface area contributed by atoms with Gasteiger partial charge in [-0.15, -0.1) is 0 Å². The van der Waals surface area contributed by atoms with Crippen molar-refractivity contribution in [2.75, 3.05) is 19.8 Å². The van der Waals surface area contributed by atoms with E-state index >= 15 is 4.39 Å². The van der Waals surface area contributed by atoms with E-state index in [2.05, 4.69) is 32.2 Å². The first kappa shape index (κ1) is 29.0. The summed E-state index contributed by atoms with van der Waals surface area (Å²) in [6, 6.07) is 3.36. The molecule has 4 aromatic heterocycles. The van der Waals surface area contributed by atoms with Crippen molar-refractivity contribution in [3.63, 3.8) is 0 Å². The van der Waals surface area contributed by atoms with Crippen LogP contribution in [0.4, 0.5) is 4.39 Å². The summed E-state index contributed by atoms with van der Waals surface area (Å²) in [4.78, 5) is 28.5. The fourth-order valence-corrected chi connectivity index (χ4v) is 8.13. The minimum Gasteiger partial charge on any atom is -0.364 e. The van der Waals surface area contributed by atoms with Gasteiger partial charge in [-0.3, -0.25) is 27.8 Å². The van der Waals surface area contributed by atoms with Gasteiger partial charge in [0.15, 0.2) is 29.2 Å². The van der Waals surface area contributed by atoms with Crippen molar-refractivity contribution in [1.29, 1.82) is 0 Å². The summed E-state index contributed by atoms with van der Waals surface area (Å²) in [7, 11) is -3.05. The SMILES string of the molecule is NC(=O)c1cc([C@@H]2C[C@@H]3CO[P@](=O)(S)O[C@H]4[C@@H](F)[C@H](n5cnc6c5ncn5ccnc65)O[C@@H]4CO[PH](=O)OC[C@H]32)ccn1. The monoisotopic (exact) mass is 653 g/mol. The number of fused-ring (bicyclic) bond motifs is 5. The predicted octanol–water partition coefficient (Wildman–Crippen LogP) is 3.10. The van der Waals surface area contributed by atoms with Gasteiger partial charge < -0.3 is 24.0 Å². The van der Waals surface area contributed by atoms with Gasteiger partial charge in [0, 0.05) is 18.6 Å². The molecule has 9 atom stereocenters. The smallest absolute Gasteiger partial charge is 0.364 e. The van der Waals surface area contributed by atoms with Crippen LogP contribution in [0.5, 0.6) is 0 Å². The number of pyridine rings is 1. The summed E-state index contributed by atoms with van der Waals surface area (Å²) in [5.41, 5.74) is 7.56. The summed E-state index contributed by atoms with van der Waals surface area (Å²) in [5.74, 6) is -1.18. The van der Waals surface area contributed by atoms with E-state index in [1.165, 1.54) is 23.4 Å². The molecular weight excluding hydrogens is 627 g/mol. The summed E-state index contributed by atoms with van der Waals surface area (Å²) >= 11 is 4.13. The maximum absolute atomic E-state index is 16.0. The maximum atomic E-state index is 16.0. The van der Waals surface area contributed by atoms with Crippen molar-refractivity contribution in [3.05, 3.63) is 54.6 Å². The Bertz CT molecular complexity index is 1780. The van der Waals surface area contributed by atoms with Gasteiger partial charge in [-0.2, -0.15) is 0 Å². The lowest BCUT2D eigenvalue weighted by molar-refractivity contribution is -0.0404. The molecule has 4 aromatic rings. The third kappa shape index (κ3) is 5.42. The van der Waals surface area contributed by atoms with E-state index in [1.807, 2.05) is 0 Å². The summed E-state index contributed by atoms with van der Waals surface area (Å²) in [6.07, 6.45) is 2.46. The fourth-order valence-electron chi connectivity index (χ4n) is 5.89. The highest BCUT2D eigenvalue weighted by Crippen LogP contribution is 2.59. The number of rotatable bonds is 3. The average molecular weight is 654 g/mol. The van der Waals surface area contributed by atoms with Crippen LogP contribution >= 0.6 is 27.3 Å². The highest BCUT2D eigenvalue weighted by Gasteiger charge is 2.51. The summed E-state index contributed by atoms with van der Waals surface area (Å²) in [5, 5.41) is 0. The lowest BCUT2D eigenvalue weighted by atomic mass is 9.63. The molecule has 15 nitrogen and oxygen atoms in total. The molecule has 2 aliphatic heterocycles. The van der Waals surface area contributed by atoms with Crippen LogP contribution in [0, 0.1) is 11.8 Å². The molecule has 2 N–H and O–H groups in total. The van der Waals surface area contributed by atoms with E-state index in [-0.39, 0.29) is 43.3 Å². The van der Waals surface area contributed by atoms with Crippen molar-refractivity contribution >= 4 is 50.0 Å². The molecule has 43 heavy (non-hydrogen) atoms. The number of thiol groups is 1. The first-order valence-corrected chi connectivity index (χ1v) is 17.3. The Balaban J connectivity index is 1.11. The van der Waals surface area contributed by atoms with Crippen molar-refractivity contribution < 1.29 is 41.1 Å². The lowest BCUT2D eigenvalue weighted by Gasteiger charge is -2.44. The Hall–Kier alpha value is -2.75. The van der Waals surface area contributed by atoms with Crippen LogP contribution in [0.2, 0.25) is 0 Å². The number of hydrogen-bond acceptors (Lipinski definition) is 12. The molecule has 3 fully saturated rings. The van der Waals surface area contributed by atoms with Crippen LogP contribution in [-0.4, -0.2) is 73.0 Å². The third-order valence-corrected chi connectivity index (χ3v) is 10.5. The highest BCUT2D eigenvalue weighted by atomic mass is 32.7. The molecule has 2 saturated heterocycles. The molecule has 0 spiro atoms. The number of carbonyl (C=O) groups excluding carboxylic acids is 1. The van der Waals surface area contributed by atoms with Crippen molar-refractivity contribution in [1.82, 2.24) is 28.9 Å². The Labute approximate surface area is 248 Å². The van der Waals surface area contributed by atoms with E-state index in [0.717, 1.165) is 5.56 Å². The number of primary amides is 1. The van der Waals surface area contributed by atoms with Gasteiger partial charge in [-0.05, 0) is 41.9 Å². The Morgan fingerprint density at radius 3 is 2.79 bits per heavy atom. The number of nitrogens with zero attached hydrogens (tertiary/aromatic N) is 6. The van der Waals surface area contributed by atoms with Gasteiger partial charge in [0.1, 0.15) is 24.2 Å². The second kappa shape index (κ2) is 11.3. The first-order chi connectivity index (χ1) is 20.7. The zero-order chi connectivity index (χ0) is 29.9. The minimum absolute atomic E-state index is 0.0285. The molecule has 1 unspecified atom stereocenters. The number of imidazole rings is 2. The topological polar surface area (TPSA) is 184 Å². The zero-order valence-electron chi connectivity index (χ0n) is 22.2. The van der Waals surface area contributed by atoms with Gasteiger partial charge in [-0.1, -0.05) is 12.2 Å². The van der Waals surface area contributed by atoms with Crippen LogP contribution < -0.4 is 5.73 Å². The number of hydrogen-bond donors (Lipinski definition) is 2. The average Bonchev–Trinajstić information content (AvgIpc) is 3.68. The van der Waals surface area contributed by atoms with E-state index in [1.54, 1.807) is 28.9 Å². The second-order valence-electron chi connectivity index (χ2n) is 10.5. The molecule has 7 rings (SSSR count). The van der Waals surface area contributed by atoms with Gasteiger partial charge in [0.25, 0.3) is 5.91 Å². The third-order valence-electron chi connectivity index (χ3n) is 8.10. The molecule has 1 saturated carbocycles. The number of aromatic nitrogens is 6. The molecule has 0 bridgehead atoms. The number of ether oxygens (including phenoxy) is 1. The first-order valence-electron chi connectivity index (χ1n) is 13.3. The normalized spacial score (nSPS) is 35.3. The number of amides is 1. The number of carbonyl (C=O) groups is 1. The molecule has 3 aliphatic rings. The number of halogens is 1. The van der Waals surface area contributed by atoms with Crippen LogP contribution in [0.3, 0.4) is 0 Å². The standard InChI is InChI=1S/C24H26FN7O8P2S/c25-18-20-17(39-24(18)32-11-29-19-22-28-3-4-31(22)10-30-23(19)32)9-37-41(34)36-8-15-13(7-38-42(35,43)40-20)5-14(15)12-1-2-27-16(6-12)21(26)33/h1-4,6,10-11,13-15,17-18,20,24,41H,5,7-9H2,(H2,26,33)(H,35,43)/t13-,14+,15-,17-,18-,20-,24-,42+/m1/s1. The lowest BCUT2D eigenvalue weighted by Crippen LogP contribution is -2.40. The molecule has 6 heterocycles. The number of alkyl halides is 1. The van der Waals surface area contributed by atoms with Gasteiger partial charge >= 0.3 is 15.1 Å². The van der Waals surface area contributed by atoms with E-state index < -0.39 is 45.6 Å². The predicted molar refractivity (Wildman–Crippen MR) is 150 cm³/mol. The molecule has 1 amide bonds. The largest absolute Gasteiger partial charge is 0.386 e. The van der Waals surface area contributed by atoms with Gasteiger partial charge in [0.05, 0.1) is 26.1 Å². The Morgan fingerprint density at radius 1 is 1.12 bits per heavy atom. The van der Waals surface area contributed by atoms with Crippen molar-refractivity contribution in [3.8, 4) is 0 Å². The maximum Gasteiger partial charge on any atom is 0.386 e. The van der Waals surface area contributed by atoms with E-state index in [4.69, 9.17) is 28.6 Å². The zero-order valence-corrected chi connectivity index (χ0v) is 25.0. The van der Waals surface area contributed by atoms with Crippen LogP contribution in [0.15, 0.2) is 43.4 Å². The van der Waals surface area contributed by atoms with Crippen LogP contribution in [-0.2, 0) is 32.0 Å². The summed E-state index contributed by atoms with van der Waals surface area (Å²) < 4.78 is 73.5. The molecule has 19 heteroatoms. The van der Waals surface area contributed by atoms with Crippen molar-refractivity contribution in [2.24, 2.45) is 17.6 Å². The van der Waals surface area contributed by atoms with E-state index in [9.17, 15) is 13.9 Å². The van der Waals surface area contributed by atoms with Gasteiger partial charge in [0.2, 0.25) is 0 Å². The molecular formula is C24H26FN7O8P2S. The Kier molecular flexibility index (Phi) is 7.63.